The van der Waals surface area contributed by atoms with Crippen LogP contribution >= 0.6 is 11.8 Å². The molecule has 0 atom stereocenters. The van der Waals surface area contributed by atoms with E-state index in [1.165, 1.54) is 9.25 Å². The Bertz CT molecular complexity index is 1810. The molecule has 3 aromatic carbocycles. The summed E-state index contributed by atoms with van der Waals surface area (Å²) in [4.78, 5) is 33.0. The van der Waals surface area contributed by atoms with Gasteiger partial charge in [0.1, 0.15) is 11.2 Å². The number of aromatic nitrogens is 4. The van der Waals surface area contributed by atoms with Gasteiger partial charge in [0, 0.05) is 23.1 Å². The lowest BCUT2D eigenvalue weighted by Crippen LogP contribution is -2.24. The fourth-order valence-corrected chi connectivity index (χ4v) is 4.90. The number of alkyl halides is 3. The summed E-state index contributed by atoms with van der Waals surface area (Å²) in [5.41, 5.74) is 2.14. The lowest BCUT2D eigenvalue weighted by Gasteiger charge is -2.16. The third kappa shape index (κ3) is 5.00. The van der Waals surface area contributed by atoms with Crippen LogP contribution in [0, 0.1) is 13.8 Å². The molecule has 5 rings (SSSR count). The van der Waals surface area contributed by atoms with E-state index in [4.69, 9.17) is 4.98 Å². The van der Waals surface area contributed by atoms with Gasteiger partial charge < -0.3 is 5.32 Å². The van der Waals surface area contributed by atoms with Crippen LogP contribution in [0.4, 0.5) is 19.0 Å². The van der Waals surface area contributed by atoms with Gasteiger partial charge in [-0.05, 0) is 68.1 Å². The number of hydrogen-bond donors (Lipinski definition) is 1. The lowest BCUT2D eigenvalue weighted by molar-refractivity contribution is -0.137. The molecule has 2 heterocycles. The number of aryl methyl sites for hydroxylation is 3. The number of carbonyl (C=O) groups excluding carboxylic acids is 1. The van der Waals surface area contributed by atoms with Crippen molar-refractivity contribution in [3.8, 4) is 17.1 Å². The third-order valence-corrected chi connectivity index (χ3v) is 7.25. The van der Waals surface area contributed by atoms with E-state index in [-0.39, 0.29) is 22.4 Å². The fraction of sp³-hybridized carbons (Fsp3) is 0.172. The molecule has 2 aromatic heterocycles. The molecule has 0 saturated carbocycles. The van der Waals surface area contributed by atoms with Crippen LogP contribution in [-0.2, 0) is 13.2 Å². The number of hydrogen-bond acceptors (Lipinski definition) is 5. The summed E-state index contributed by atoms with van der Waals surface area (Å²) in [5.74, 6) is -0.341. The minimum absolute atomic E-state index is 0.0139. The smallest absolute Gasteiger partial charge is 0.304 e. The normalized spacial score (nSPS) is 11.7. The van der Waals surface area contributed by atoms with E-state index in [1.807, 2.05) is 62.6 Å². The maximum absolute atomic E-state index is 14.2. The molecule has 0 spiro atoms. The molecule has 0 aliphatic rings. The molecule has 7 nitrogen and oxygen atoms in total. The predicted octanol–water partition coefficient (Wildman–Crippen LogP) is 6.40. The molecular weight excluding hydrogens is 539 g/mol. The summed E-state index contributed by atoms with van der Waals surface area (Å²) >= 11 is 1.60. The van der Waals surface area contributed by atoms with Gasteiger partial charge >= 0.3 is 6.18 Å². The average Bonchev–Trinajstić information content (AvgIpc) is 3.23. The topological polar surface area (TPSA) is 81.8 Å². The van der Waals surface area contributed by atoms with Crippen LogP contribution in [0.15, 0.2) is 76.4 Å². The second kappa shape index (κ2) is 10.3. The number of nitrogens with zero attached hydrogens (tertiary/aromatic N) is 4. The molecule has 0 fully saturated rings. The molecule has 0 unspecified atom stereocenters. The Kier molecular flexibility index (Phi) is 7.01. The van der Waals surface area contributed by atoms with Crippen molar-refractivity contribution in [1.82, 2.24) is 19.3 Å². The van der Waals surface area contributed by atoms with Crippen molar-refractivity contribution in [3.63, 3.8) is 0 Å². The lowest BCUT2D eigenvalue weighted by atomic mass is 10.1. The first-order chi connectivity index (χ1) is 19.0. The number of halogens is 3. The number of amides is 1. The molecule has 5 aromatic rings. The van der Waals surface area contributed by atoms with Gasteiger partial charge in [0.15, 0.2) is 11.5 Å². The Morgan fingerprint density at radius 2 is 1.65 bits per heavy atom. The SMILES string of the molecule is CSc1ccc(-c2nc3c(c(NC(=O)c4ccc(C(F)(F)F)cc4)nn3C)c(=O)n2-c2ccc(C)cc2C)cc1. The predicted molar refractivity (Wildman–Crippen MR) is 150 cm³/mol. The van der Waals surface area contributed by atoms with E-state index in [9.17, 15) is 22.8 Å². The number of benzene rings is 3. The van der Waals surface area contributed by atoms with Crippen molar-refractivity contribution in [3.05, 3.63) is 99.3 Å². The van der Waals surface area contributed by atoms with Gasteiger partial charge in [-0.3, -0.25) is 14.2 Å². The largest absolute Gasteiger partial charge is 0.416 e. The number of thioether (sulfide) groups is 1. The highest BCUT2D eigenvalue weighted by Gasteiger charge is 2.30. The van der Waals surface area contributed by atoms with E-state index < -0.39 is 23.2 Å². The van der Waals surface area contributed by atoms with Crippen LogP contribution in [0.3, 0.4) is 0 Å². The Morgan fingerprint density at radius 1 is 0.975 bits per heavy atom. The quantitative estimate of drug-likeness (QED) is 0.251. The second-order valence-electron chi connectivity index (χ2n) is 9.29. The third-order valence-electron chi connectivity index (χ3n) is 6.51. The van der Waals surface area contributed by atoms with Gasteiger partial charge in [0.05, 0.1) is 11.3 Å². The molecule has 0 radical (unpaired) electrons. The van der Waals surface area contributed by atoms with Crippen LogP contribution in [0.2, 0.25) is 0 Å². The van der Waals surface area contributed by atoms with E-state index in [0.29, 0.717) is 17.1 Å². The van der Waals surface area contributed by atoms with Crippen LogP contribution < -0.4 is 10.9 Å². The van der Waals surface area contributed by atoms with Crippen molar-refractivity contribution in [2.24, 2.45) is 7.05 Å². The summed E-state index contributed by atoms with van der Waals surface area (Å²) in [5, 5.41) is 7.00. The molecule has 1 N–H and O–H groups in total. The zero-order chi connectivity index (χ0) is 28.8. The first kappa shape index (κ1) is 27.2. The maximum Gasteiger partial charge on any atom is 0.416 e. The number of carbonyl (C=O) groups is 1. The van der Waals surface area contributed by atoms with Crippen LogP contribution in [-0.4, -0.2) is 31.5 Å². The van der Waals surface area contributed by atoms with E-state index >= 15 is 0 Å². The molecule has 40 heavy (non-hydrogen) atoms. The van der Waals surface area contributed by atoms with E-state index in [1.54, 1.807) is 18.8 Å². The van der Waals surface area contributed by atoms with Crippen molar-refractivity contribution < 1.29 is 18.0 Å². The standard InChI is InChI=1S/C29H24F3N5O2S/c1-16-5-14-22(17(2)15-16)37-25(18-8-12-21(40-4)13-9-18)34-26-23(28(37)39)24(35-36(26)3)33-27(38)19-6-10-20(11-7-19)29(30,31)32/h5-15H,1-4H3,(H,33,35,38). The van der Waals surface area contributed by atoms with Crippen molar-refractivity contribution in [2.75, 3.05) is 11.6 Å². The minimum Gasteiger partial charge on any atom is -0.304 e. The second-order valence-corrected chi connectivity index (χ2v) is 10.2. The van der Waals surface area contributed by atoms with Crippen molar-refractivity contribution in [2.45, 2.75) is 24.9 Å². The fourth-order valence-electron chi connectivity index (χ4n) is 4.49. The monoisotopic (exact) mass is 563 g/mol. The summed E-state index contributed by atoms with van der Waals surface area (Å²) in [6.45, 7) is 3.86. The number of fused-ring (bicyclic) bond motifs is 1. The van der Waals surface area contributed by atoms with E-state index in [0.717, 1.165) is 40.3 Å². The van der Waals surface area contributed by atoms with E-state index in [2.05, 4.69) is 10.4 Å². The van der Waals surface area contributed by atoms with Crippen LogP contribution in [0.25, 0.3) is 28.1 Å². The Balaban J connectivity index is 1.68. The zero-order valence-electron chi connectivity index (χ0n) is 22.0. The molecule has 0 saturated heterocycles. The van der Waals surface area contributed by atoms with Gasteiger partial charge in [0.2, 0.25) is 0 Å². The highest BCUT2D eigenvalue weighted by Crippen LogP contribution is 2.30. The highest BCUT2D eigenvalue weighted by molar-refractivity contribution is 7.98. The Hall–Kier alpha value is -4.38. The van der Waals surface area contributed by atoms with Gasteiger partial charge in [-0.25, -0.2) is 9.67 Å². The summed E-state index contributed by atoms with van der Waals surface area (Å²) in [6, 6.07) is 17.2. The number of nitrogens with one attached hydrogen (secondary N) is 1. The van der Waals surface area contributed by atoms with Crippen LogP contribution in [0.5, 0.6) is 0 Å². The van der Waals surface area contributed by atoms with Crippen LogP contribution in [0.1, 0.15) is 27.0 Å². The minimum atomic E-state index is -4.52. The highest BCUT2D eigenvalue weighted by atomic mass is 32.2. The molecule has 11 heteroatoms. The number of rotatable bonds is 5. The molecule has 0 bridgehead atoms. The average molecular weight is 564 g/mol. The molecule has 1 amide bonds. The molecule has 0 aliphatic carbocycles. The van der Waals surface area contributed by atoms with Gasteiger partial charge in [-0.15, -0.1) is 11.8 Å². The molecule has 204 valence electrons. The van der Waals surface area contributed by atoms with Gasteiger partial charge in [0.25, 0.3) is 11.5 Å². The summed E-state index contributed by atoms with van der Waals surface area (Å²) in [6.07, 6.45) is -2.55. The first-order valence-corrected chi connectivity index (χ1v) is 13.4. The Labute approximate surface area is 231 Å². The molecular formula is C29H24F3N5O2S. The van der Waals surface area contributed by atoms with Crippen molar-refractivity contribution >= 4 is 34.5 Å². The maximum atomic E-state index is 14.2. The zero-order valence-corrected chi connectivity index (χ0v) is 22.8. The van der Waals surface area contributed by atoms with Gasteiger partial charge in [-0.1, -0.05) is 29.8 Å². The summed E-state index contributed by atoms with van der Waals surface area (Å²) < 4.78 is 41.8. The van der Waals surface area contributed by atoms with Crippen molar-refractivity contribution in [1.29, 1.82) is 0 Å². The summed E-state index contributed by atoms with van der Waals surface area (Å²) in [7, 11) is 1.60. The Morgan fingerprint density at radius 3 is 2.25 bits per heavy atom. The van der Waals surface area contributed by atoms with Gasteiger partial charge in [-0.2, -0.15) is 18.3 Å². The number of anilines is 1. The first-order valence-electron chi connectivity index (χ1n) is 12.2. The molecule has 0 aliphatic heterocycles.